The molecule has 0 amide bonds. The zero-order valence-corrected chi connectivity index (χ0v) is 17.9. The molecule has 0 fully saturated rings. The van der Waals surface area contributed by atoms with Gasteiger partial charge in [-0.05, 0) is 12.1 Å². The first-order valence-electron chi connectivity index (χ1n) is 8.87. The Bertz CT molecular complexity index is 1170. The third kappa shape index (κ3) is 4.23. The molecule has 0 atom stereocenters. The maximum atomic E-state index is 5.54. The van der Waals surface area contributed by atoms with Crippen LogP contribution in [0.15, 0.2) is 80.5 Å². The van der Waals surface area contributed by atoms with Crippen LogP contribution >= 0.6 is 35.3 Å². The Balaban J connectivity index is 1.83. The monoisotopic (exact) mass is 428 g/mol. The SMILES string of the molecule is C#CCSc1c(Sc2cnc3ccccc3c2SCC#C)cnc2ccccc12. The number of para-hydroxylation sites is 2. The van der Waals surface area contributed by atoms with Gasteiger partial charge >= 0.3 is 0 Å². The Morgan fingerprint density at radius 3 is 1.59 bits per heavy atom. The normalized spacial score (nSPS) is 10.7. The van der Waals surface area contributed by atoms with Gasteiger partial charge in [0.2, 0.25) is 0 Å². The fraction of sp³-hybridized carbons (Fsp3) is 0.0833. The molecule has 5 heteroatoms. The van der Waals surface area contributed by atoms with E-state index >= 15 is 0 Å². The fourth-order valence-electron chi connectivity index (χ4n) is 2.98. The molecular formula is C24H16N2S3. The summed E-state index contributed by atoms with van der Waals surface area (Å²) < 4.78 is 0. The van der Waals surface area contributed by atoms with Crippen molar-refractivity contribution in [1.29, 1.82) is 0 Å². The highest BCUT2D eigenvalue weighted by molar-refractivity contribution is 8.04. The highest BCUT2D eigenvalue weighted by atomic mass is 32.2. The summed E-state index contributed by atoms with van der Waals surface area (Å²) in [5.41, 5.74) is 1.94. The molecule has 0 aliphatic heterocycles. The first-order valence-corrected chi connectivity index (χ1v) is 11.7. The number of aromatic nitrogens is 2. The molecule has 0 radical (unpaired) electrons. The van der Waals surface area contributed by atoms with E-state index in [1.54, 1.807) is 35.3 Å². The van der Waals surface area contributed by atoms with E-state index in [-0.39, 0.29) is 0 Å². The first-order chi connectivity index (χ1) is 14.3. The van der Waals surface area contributed by atoms with Crippen LogP contribution < -0.4 is 0 Å². The summed E-state index contributed by atoms with van der Waals surface area (Å²) in [6, 6.07) is 16.3. The average molecular weight is 429 g/mol. The summed E-state index contributed by atoms with van der Waals surface area (Å²) in [4.78, 5) is 13.8. The van der Waals surface area contributed by atoms with Crippen LogP contribution in [-0.4, -0.2) is 21.5 Å². The summed E-state index contributed by atoms with van der Waals surface area (Å²) in [7, 11) is 0. The van der Waals surface area contributed by atoms with Gasteiger partial charge in [-0.2, -0.15) is 0 Å². The molecule has 0 bridgehead atoms. The van der Waals surface area contributed by atoms with Gasteiger partial charge in [0.25, 0.3) is 0 Å². The molecule has 0 saturated carbocycles. The molecule has 140 valence electrons. The summed E-state index contributed by atoms with van der Waals surface area (Å²) in [5.74, 6) is 6.68. The van der Waals surface area contributed by atoms with Crippen molar-refractivity contribution in [1.82, 2.24) is 9.97 Å². The highest BCUT2D eigenvalue weighted by Gasteiger charge is 2.15. The molecule has 4 rings (SSSR count). The van der Waals surface area contributed by atoms with Crippen molar-refractivity contribution in [3.8, 4) is 24.7 Å². The molecule has 0 aliphatic rings. The fourth-order valence-corrected chi connectivity index (χ4v) is 5.94. The van der Waals surface area contributed by atoms with Gasteiger partial charge in [-0.15, -0.1) is 36.4 Å². The third-order valence-corrected chi connectivity index (χ3v) is 7.60. The highest BCUT2D eigenvalue weighted by Crippen LogP contribution is 2.43. The predicted molar refractivity (Wildman–Crippen MR) is 127 cm³/mol. The molecule has 2 aromatic heterocycles. The molecule has 2 aromatic carbocycles. The lowest BCUT2D eigenvalue weighted by atomic mass is 10.2. The van der Waals surface area contributed by atoms with Gasteiger partial charge in [0.05, 0.1) is 22.5 Å². The van der Waals surface area contributed by atoms with Crippen molar-refractivity contribution in [2.75, 3.05) is 11.5 Å². The molecule has 0 saturated heterocycles. The van der Waals surface area contributed by atoms with Crippen LogP contribution in [0.2, 0.25) is 0 Å². The van der Waals surface area contributed by atoms with E-state index in [1.807, 2.05) is 48.8 Å². The van der Waals surface area contributed by atoms with Gasteiger partial charge in [-0.25, -0.2) is 0 Å². The van der Waals surface area contributed by atoms with E-state index in [4.69, 9.17) is 12.8 Å². The Kier molecular flexibility index (Phi) is 6.32. The number of rotatable bonds is 6. The minimum absolute atomic E-state index is 0.607. The molecule has 2 nitrogen and oxygen atoms in total. The van der Waals surface area contributed by atoms with E-state index in [0.29, 0.717) is 11.5 Å². The van der Waals surface area contributed by atoms with E-state index in [1.165, 1.54) is 0 Å². The summed E-state index contributed by atoms with van der Waals surface area (Å²) in [5, 5.41) is 2.23. The number of benzene rings is 2. The largest absolute Gasteiger partial charge is 0.255 e. The van der Waals surface area contributed by atoms with E-state index in [2.05, 4.69) is 33.9 Å². The van der Waals surface area contributed by atoms with Crippen LogP contribution in [0.25, 0.3) is 21.8 Å². The van der Waals surface area contributed by atoms with Crippen molar-refractivity contribution >= 4 is 57.1 Å². The van der Waals surface area contributed by atoms with Crippen molar-refractivity contribution < 1.29 is 0 Å². The number of pyridine rings is 2. The molecule has 4 aromatic rings. The zero-order valence-electron chi connectivity index (χ0n) is 15.5. The number of hydrogen-bond acceptors (Lipinski definition) is 5. The number of hydrogen-bond donors (Lipinski definition) is 0. The Morgan fingerprint density at radius 1 is 0.690 bits per heavy atom. The van der Waals surface area contributed by atoms with Crippen LogP contribution in [0, 0.1) is 24.7 Å². The lowest BCUT2D eigenvalue weighted by molar-refractivity contribution is 1.16. The molecule has 29 heavy (non-hydrogen) atoms. The van der Waals surface area contributed by atoms with Gasteiger partial charge in [-0.3, -0.25) is 9.97 Å². The van der Waals surface area contributed by atoms with E-state index in [9.17, 15) is 0 Å². The first kappa shape index (κ1) is 19.7. The van der Waals surface area contributed by atoms with Crippen molar-refractivity contribution in [2.24, 2.45) is 0 Å². The topological polar surface area (TPSA) is 25.8 Å². The Hall–Kier alpha value is -2.57. The van der Waals surface area contributed by atoms with Crippen molar-refractivity contribution in [2.45, 2.75) is 19.6 Å². The molecule has 0 unspecified atom stereocenters. The average Bonchev–Trinajstić information content (AvgIpc) is 2.77. The standard InChI is InChI=1S/C24H16N2S3/c1-3-13-27-23-17-9-5-7-11-19(17)25-15-21(23)29-22-16-26-20-12-8-6-10-18(20)24(22)28-14-4-2/h1-2,5-12,15-16H,13-14H2. The van der Waals surface area contributed by atoms with Gasteiger partial charge in [0.15, 0.2) is 0 Å². The third-order valence-electron chi connectivity index (χ3n) is 4.21. The minimum atomic E-state index is 0.607. The van der Waals surface area contributed by atoms with Crippen LogP contribution in [-0.2, 0) is 0 Å². The van der Waals surface area contributed by atoms with E-state index in [0.717, 1.165) is 41.4 Å². The minimum Gasteiger partial charge on any atom is -0.255 e. The molecular weight excluding hydrogens is 412 g/mol. The van der Waals surface area contributed by atoms with Gasteiger partial charge in [-0.1, -0.05) is 60.0 Å². The lowest BCUT2D eigenvalue weighted by Gasteiger charge is -2.14. The molecule has 2 heterocycles. The smallest absolute Gasteiger partial charge is 0.0714 e. The van der Waals surface area contributed by atoms with Gasteiger partial charge in [0, 0.05) is 42.7 Å². The summed E-state index contributed by atoms with van der Waals surface area (Å²) in [6.45, 7) is 0. The second-order valence-corrected chi connectivity index (χ2v) is 9.08. The van der Waals surface area contributed by atoms with Gasteiger partial charge in [0.1, 0.15) is 0 Å². The Morgan fingerprint density at radius 2 is 1.14 bits per heavy atom. The number of terminal acetylenes is 2. The maximum absolute atomic E-state index is 5.54. The van der Waals surface area contributed by atoms with Crippen LogP contribution in [0.3, 0.4) is 0 Å². The molecule has 0 N–H and O–H groups in total. The second-order valence-electron chi connectivity index (χ2n) is 6.03. The molecule has 0 aliphatic carbocycles. The maximum Gasteiger partial charge on any atom is 0.0714 e. The van der Waals surface area contributed by atoms with Crippen LogP contribution in [0.4, 0.5) is 0 Å². The number of fused-ring (bicyclic) bond motifs is 2. The van der Waals surface area contributed by atoms with Crippen LogP contribution in [0.1, 0.15) is 0 Å². The number of nitrogens with zero attached hydrogens (tertiary/aromatic N) is 2. The van der Waals surface area contributed by atoms with Gasteiger partial charge < -0.3 is 0 Å². The lowest BCUT2D eigenvalue weighted by Crippen LogP contribution is -1.91. The van der Waals surface area contributed by atoms with Crippen LogP contribution in [0.5, 0.6) is 0 Å². The quantitative estimate of drug-likeness (QED) is 0.262. The Labute approximate surface area is 183 Å². The number of thioether (sulfide) groups is 2. The summed E-state index contributed by atoms with van der Waals surface area (Å²) in [6.07, 6.45) is 14.9. The summed E-state index contributed by atoms with van der Waals surface area (Å²) >= 11 is 5.00. The molecule has 0 spiro atoms. The predicted octanol–water partition coefficient (Wildman–Crippen LogP) is 6.38. The van der Waals surface area contributed by atoms with Crippen molar-refractivity contribution in [3.63, 3.8) is 0 Å². The second kappa shape index (κ2) is 9.29. The van der Waals surface area contributed by atoms with E-state index < -0.39 is 0 Å². The zero-order chi connectivity index (χ0) is 20.1. The van der Waals surface area contributed by atoms with Crippen molar-refractivity contribution in [3.05, 3.63) is 60.9 Å².